The fraction of sp³-hybridized carbons (Fsp3) is 0.381. The Kier molecular flexibility index (Phi) is 6.17. The molecule has 32 heavy (non-hydrogen) atoms. The molecule has 4 rings (SSSR count). The predicted octanol–water partition coefficient (Wildman–Crippen LogP) is 5.15. The molecule has 0 aliphatic carbocycles. The molecule has 1 aliphatic heterocycles. The molecule has 0 saturated heterocycles. The molecule has 4 heterocycles. The van der Waals surface area contributed by atoms with Crippen molar-refractivity contribution in [2.24, 2.45) is 0 Å². The molecule has 6 nitrogen and oxygen atoms in total. The Morgan fingerprint density at radius 3 is 2.72 bits per heavy atom. The van der Waals surface area contributed by atoms with Gasteiger partial charge in [-0.05, 0) is 12.5 Å². The lowest BCUT2D eigenvalue weighted by Crippen LogP contribution is -2.10. The highest BCUT2D eigenvalue weighted by Gasteiger charge is 2.34. The second kappa shape index (κ2) is 8.74. The van der Waals surface area contributed by atoms with Crippen LogP contribution in [-0.2, 0) is 25.6 Å². The SMILES string of the molecule is C[C@@H](CC(=O)c1cnc2n1CCC2)c1ncc(C(=O)Cc2cc(C(F)(F)F)c(Cl)cn2)s1. The molecule has 168 valence electrons. The van der Waals surface area contributed by atoms with Gasteiger partial charge in [0.25, 0.3) is 0 Å². The molecule has 0 spiro atoms. The summed E-state index contributed by atoms with van der Waals surface area (Å²) in [7, 11) is 0. The van der Waals surface area contributed by atoms with Crippen molar-refractivity contribution < 1.29 is 22.8 Å². The van der Waals surface area contributed by atoms with Gasteiger partial charge in [-0.15, -0.1) is 11.3 Å². The number of aryl methyl sites for hydroxylation is 1. The maximum atomic E-state index is 13.0. The van der Waals surface area contributed by atoms with Crippen LogP contribution in [0.2, 0.25) is 5.02 Å². The van der Waals surface area contributed by atoms with Gasteiger partial charge in [-0.25, -0.2) is 9.97 Å². The number of aromatic nitrogens is 4. The van der Waals surface area contributed by atoms with E-state index in [9.17, 15) is 22.8 Å². The largest absolute Gasteiger partial charge is 0.417 e. The second-order valence-electron chi connectivity index (χ2n) is 7.66. The lowest BCUT2D eigenvalue weighted by atomic mass is 10.0. The Morgan fingerprint density at radius 2 is 1.97 bits per heavy atom. The third-order valence-corrected chi connectivity index (χ3v) is 6.85. The van der Waals surface area contributed by atoms with Gasteiger partial charge in [-0.2, -0.15) is 13.2 Å². The van der Waals surface area contributed by atoms with Gasteiger partial charge in [0.05, 0.1) is 33.1 Å². The van der Waals surface area contributed by atoms with Gasteiger partial charge < -0.3 is 4.57 Å². The summed E-state index contributed by atoms with van der Waals surface area (Å²) in [6, 6.07) is 0.785. The molecule has 3 aromatic rings. The van der Waals surface area contributed by atoms with Gasteiger partial charge in [0.1, 0.15) is 11.5 Å². The molecule has 1 aliphatic rings. The van der Waals surface area contributed by atoms with Gasteiger partial charge >= 0.3 is 6.18 Å². The summed E-state index contributed by atoms with van der Waals surface area (Å²) < 4.78 is 41.0. The Bertz CT molecular complexity index is 1190. The van der Waals surface area contributed by atoms with E-state index < -0.39 is 22.5 Å². The fourth-order valence-corrected chi connectivity index (χ4v) is 4.76. The highest BCUT2D eigenvalue weighted by molar-refractivity contribution is 7.13. The van der Waals surface area contributed by atoms with E-state index in [4.69, 9.17) is 11.6 Å². The first-order valence-electron chi connectivity index (χ1n) is 9.91. The summed E-state index contributed by atoms with van der Waals surface area (Å²) in [6.07, 6.45) is 1.02. The van der Waals surface area contributed by atoms with Crippen LogP contribution in [0, 0.1) is 0 Å². The standard InChI is InChI=1S/C21H18ClF3N4O2S/c1-11(5-16(30)15-9-27-19-3-2-4-29(15)19)20-28-10-18(32-20)17(31)7-12-6-13(21(23,24)25)14(22)8-26-12/h6,8-11H,2-5,7H2,1H3/t11-/m0/s1. The first kappa shape index (κ1) is 22.6. The van der Waals surface area contributed by atoms with E-state index >= 15 is 0 Å². The second-order valence-corrected chi connectivity index (χ2v) is 9.13. The lowest BCUT2D eigenvalue weighted by Gasteiger charge is -2.09. The Labute approximate surface area is 190 Å². The maximum Gasteiger partial charge on any atom is 0.417 e. The van der Waals surface area contributed by atoms with Gasteiger partial charge in [0, 0.05) is 43.4 Å². The molecule has 0 radical (unpaired) electrons. The summed E-state index contributed by atoms with van der Waals surface area (Å²) >= 11 is 6.71. The normalized spacial score (nSPS) is 14.4. The van der Waals surface area contributed by atoms with Crippen LogP contribution in [0.1, 0.15) is 67.9 Å². The van der Waals surface area contributed by atoms with Crippen molar-refractivity contribution in [3.8, 4) is 0 Å². The summed E-state index contributed by atoms with van der Waals surface area (Å²) in [5, 5.41) is 0.0963. The first-order valence-corrected chi connectivity index (χ1v) is 11.1. The molecular weight excluding hydrogens is 465 g/mol. The number of hydrogen-bond donors (Lipinski definition) is 0. The number of thiazole rings is 1. The minimum atomic E-state index is -4.63. The van der Waals surface area contributed by atoms with Crippen LogP contribution in [0.15, 0.2) is 24.7 Å². The maximum absolute atomic E-state index is 13.0. The van der Waals surface area contributed by atoms with Crippen molar-refractivity contribution in [1.29, 1.82) is 0 Å². The van der Waals surface area contributed by atoms with E-state index in [-0.39, 0.29) is 30.2 Å². The zero-order valence-corrected chi connectivity index (χ0v) is 18.5. The van der Waals surface area contributed by atoms with Crippen molar-refractivity contribution >= 4 is 34.5 Å². The van der Waals surface area contributed by atoms with Crippen LogP contribution in [0.3, 0.4) is 0 Å². The summed E-state index contributed by atoms with van der Waals surface area (Å²) in [4.78, 5) is 38.0. The van der Waals surface area contributed by atoms with Crippen LogP contribution in [-0.4, -0.2) is 31.1 Å². The van der Waals surface area contributed by atoms with Crippen LogP contribution in [0.25, 0.3) is 0 Å². The molecule has 0 amide bonds. The van der Waals surface area contributed by atoms with E-state index in [1.165, 1.54) is 6.20 Å². The molecule has 0 N–H and O–H groups in total. The van der Waals surface area contributed by atoms with Gasteiger partial charge in [-0.1, -0.05) is 18.5 Å². The summed E-state index contributed by atoms with van der Waals surface area (Å²) in [5.41, 5.74) is -0.466. The lowest BCUT2D eigenvalue weighted by molar-refractivity contribution is -0.137. The highest BCUT2D eigenvalue weighted by atomic mass is 35.5. The van der Waals surface area contributed by atoms with Gasteiger partial charge in [0.2, 0.25) is 0 Å². The van der Waals surface area contributed by atoms with E-state index in [1.54, 1.807) is 6.20 Å². The minimum absolute atomic E-state index is 0.0283. The highest BCUT2D eigenvalue weighted by Crippen LogP contribution is 2.35. The number of nitrogens with zero attached hydrogens (tertiary/aromatic N) is 4. The van der Waals surface area contributed by atoms with E-state index in [1.807, 2.05) is 11.5 Å². The van der Waals surface area contributed by atoms with Crippen molar-refractivity contribution in [2.45, 2.75) is 51.2 Å². The van der Waals surface area contributed by atoms with Gasteiger partial charge in [0.15, 0.2) is 11.6 Å². The minimum Gasteiger partial charge on any atom is -0.326 e. The van der Waals surface area contributed by atoms with Crippen molar-refractivity contribution in [1.82, 2.24) is 19.5 Å². The van der Waals surface area contributed by atoms with Crippen molar-refractivity contribution in [3.63, 3.8) is 0 Å². The van der Waals surface area contributed by atoms with E-state index in [0.29, 0.717) is 15.6 Å². The summed E-state index contributed by atoms with van der Waals surface area (Å²) in [6.45, 7) is 2.64. The molecule has 0 aromatic carbocycles. The number of halogens is 4. The number of fused-ring (bicyclic) bond motifs is 1. The molecule has 1 atom stereocenters. The van der Waals surface area contributed by atoms with Gasteiger partial charge in [-0.3, -0.25) is 14.6 Å². The van der Waals surface area contributed by atoms with Crippen LogP contribution in [0.4, 0.5) is 13.2 Å². The van der Waals surface area contributed by atoms with Crippen molar-refractivity contribution in [3.05, 3.63) is 62.3 Å². The average molecular weight is 483 g/mol. The number of carbonyl (C=O) groups is 2. The number of carbonyl (C=O) groups excluding carboxylic acids is 2. The third-order valence-electron chi connectivity index (χ3n) is 5.28. The summed E-state index contributed by atoms with van der Waals surface area (Å²) in [5.74, 6) is 0.273. The Balaban J connectivity index is 1.43. The van der Waals surface area contributed by atoms with Crippen LogP contribution in [0.5, 0.6) is 0 Å². The number of alkyl halides is 3. The molecule has 3 aromatic heterocycles. The average Bonchev–Trinajstić information content (AvgIpc) is 3.45. The van der Waals surface area contributed by atoms with E-state index in [2.05, 4.69) is 15.0 Å². The topological polar surface area (TPSA) is 77.7 Å². The van der Waals surface area contributed by atoms with Crippen LogP contribution >= 0.6 is 22.9 Å². The number of rotatable bonds is 7. The zero-order valence-electron chi connectivity index (χ0n) is 16.9. The number of hydrogen-bond acceptors (Lipinski definition) is 6. The zero-order chi connectivity index (χ0) is 23.0. The third kappa shape index (κ3) is 4.61. The monoisotopic (exact) mass is 482 g/mol. The number of Topliss-reactive ketones (excluding diaryl/α,β-unsaturated/α-hetero) is 2. The first-order chi connectivity index (χ1) is 15.1. The van der Waals surface area contributed by atoms with Crippen molar-refractivity contribution in [2.75, 3.05) is 0 Å². The molecule has 11 heteroatoms. The fourth-order valence-electron chi connectivity index (χ4n) is 3.64. The smallest absolute Gasteiger partial charge is 0.326 e. The molecule has 0 unspecified atom stereocenters. The van der Waals surface area contributed by atoms with Crippen LogP contribution < -0.4 is 0 Å². The predicted molar refractivity (Wildman–Crippen MR) is 112 cm³/mol. The molecule has 0 saturated carbocycles. The number of imidazole rings is 1. The molecule has 0 bridgehead atoms. The number of pyridine rings is 1. The molecule has 0 fully saturated rings. The van der Waals surface area contributed by atoms with E-state index in [0.717, 1.165) is 48.8 Å². The quantitative estimate of drug-likeness (QED) is 0.435. The Morgan fingerprint density at radius 1 is 1.19 bits per heavy atom. The molecular formula is C21H18ClF3N4O2S. The number of ketones is 2. The Hall–Kier alpha value is -2.59.